The van der Waals surface area contributed by atoms with Crippen molar-refractivity contribution in [1.82, 2.24) is 0 Å². The van der Waals surface area contributed by atoms with Crippen LogP contribution >= 0.6 is 15.9 Å². The van der Waals surface area contributed by atoms with E-state index in [2.05, 4.69) is 15.9 Å². The monoisotopic (exact) mass is 258 g/mol. The van der Waals surface area contributed by atoms with Crippen molar-refractivity contribution in [3.05, 3.63) is 28.2 Å². The SMILES string of the molecule is CCC(N)C(N)c1cccc(Br)c1O. The molecule has 2 atom stereocenters. The van der Waals surface area contributed by atoms with E-state index in [1.54, 1.807) is 12.1 Å². The molecule has 78 valence electrons. The van der Waals surface area contributed by atoms with Crippen molar-refractivity contribution in [1.29, 1.82) is 0 Å². The first kappa shape index (κ1) is 11.5. The highest BCUT2D eigenvalue weighted by molar-refractivity contribution is 9.10. The third-order valence-electron chi connectivity index (χ3n) is 2.31. The van der Waals surface area contributed by atoms with Gasteiger partial charge in [0.2, 0.25) is 0 Å². The minimum absolute atomic E-state index is 0.129. The fourth-order valence-electron chi connectivity index (χ4n) is 1.29. The molecule has 5 N–H and O–H groups in total. The van der Waals surface area contributed by atoms with E-state index < -0.39 is 0 Å². The van der Waals surface area contributed by atoms with Crippen LogP contribution in [0, 0.1) is 0 Å². The molecular formula is C10H15BrN2O. The number of aromatic hydroxyl groups is 1. The normalized spacial score (nSPS) is 15.1. The Morgan fingerprint density at radius 3 is 2.64 bits per heavy atom. The Bertz CT molecular complexity index is 317. The highest BCUT2D eigenvalue weighted by Gasteiger charge is 2.17. The van der Waals surface area contributed by atoms with Crippen LogP contribution in [0.1, 0.15) is 24.9 Å². The average Bonchev–Trinajstić information content (AvgIpc) is 2.20. The number of rotatable bonds is 3. The van der Waals surface area contributed by atoms with Crippen molar-refractivity contribution in [2.75, 3.05) is 0 Å². The lowest BCUT2D eigenvalue weighted by Gasteiger charge is -2.19. The number of hydrogen-bond donors (Lipinski definition) is 3. The van der Waals surface area contributed by atoms with Crippen molar-refractivity contribution in [2.24, 2.45) is 11.5 Å². The zero-order chi connectivity index (χ0) is 10.7. The standard InChI is InChI=1S/C10H15BrN2O/c1-2-8(12)9(13)6-4-3-5-7(11)10(6)14/h3-5,8-9,14H,2,12-13H2,1H3. The summed E-state index contributed by atoms with van der Waals surface area (Å²) in [6, 6.07) is 4.94. The van der Waals surface area contributed by atoms with Gasteiger partial charge in [0.15, 0.2) is 0 Å². The number of halogens is 1. The predicted molar refractivity (Wildman–Crippen MR) is 61.0 cm³/mol. The molecule has 0 amide bonds. The first-order valence-corrected chi connectivity index (χ1v) is 5.35. The quantitative estimate of drug-likeness (QED) is 0.776. The van der Waals surface area contributed by atoms with Crippen LogP contribution in [0.4, 0.5) is 0 Å². The van der Waals surface area contributed by atoms with Gasteiger partial charge in [-0.2, -0.15) is 0 Å². The van der Waals surface area contributed by atoms with Crippen LogP contribution in [-0.4, -0.2) is 11.1 Å². The molecule has 14 heavy (non-hydrogen) atoms. The summed E-state index contributed by atoms with van der Waals surface area (Å²) in [6.07, 6.45) is 0.785. The molecule has 0 heterocycles. The summed E-state index contributed by atoms with van der Waals surface area (Å²) in [4.78, 5) is 0. The summed E-state index contributed by atoms with van der Waals surface area (Å²) in [7, 11) is 0. The second kappa shape index (κ2) is 4.77. The van der Waals surface area contributed by atoms with Gasteiger partial charge in [-0.05, 0) is 28.4 Å². The number of phenols is 1. The van der Waals surface area contributed by atoms with Crippen molar-refractivity contribution in [3.63, 3.8) is 0 Å². The van der Waals surface area contributed by atoms with Crippen LogP contribution in [-0.2, 0) is 0 Å². The lowest BCUT2D eigenvalue weighted by atomic mass is 9.98. The number of nitrogens with two attached hydrogens (primary N) is 2. The summed E-state index contributed by atoms with van der Waals surface area (Å²) < 4.78 is 0.647. The fraction of sp³-hybridized carbons (Fsp3) is 0.400. The van der Waals surface area contributed by atoms with Crippen molar-refractivity contribution < 1.29 is 5.11 Å². The van der Waals surface area contributed by atoms with Crippen molar-refractivity contribution in [2.45, 2.75) is 25.4 Å². The molecule has 0 aliphatic carbocycles. The van der Waals surface area contributed by atoms with Gasteiger partial charge in [0.1, 0.15) is 5.75 Å². The molecule has 0 aliphatic heterocycles. The maximum Gasteiger partial charge on any atom is 0.134 e. The van der Waals surface area contributed by atoms with Gasteiger partial charge in [0.05, 0.1) is 4.47 Å². The Balaban J connectivity index is 3.01. The van der Waals surface area contributed by atoms with E-state index in [0.29, 0.717) is 10.0 Å². The summed E-state index contributed by atoms with van der Waals surface area (Å²) in [5.41, 5.74) is 12.4. The predicted octanol–water partition coefficient (Wildman–Crippen LogP) is 1.89. The summed E-state index contributed by atoms with van der Waals surface area (Å²) in [6.45, 7) is 1.97. The third-order valence-corrected chi connectivity index (χ3v) is 2.95. The summed E-state index contributed by atoms with van der Waals surface area (Å²) >= 11 is 3.24. The van der Waals surface area contributed by atoms with Crippen LogP contribution < -0.4 is 11.5 Å². The molecule has 0 radical (unpaired) electrons. The highest BCUT2D eigenvalue weighted by Crippen LogP contribution is 2.31. The lowest BCUT2D eigenvalue weighted by molar-refractivity contribution is 0.444. The van der Waals surface area contributed by atoms with E-state index in [-0.39, 0.29) is 17.8 Å². The number of para-hydroxylation sites is 1. The Kier molecular flexibility index (Phi) is 3.92. The van der Waals surface area contributed by atoms with Crippen LogP contribution in [0.3, 0.4) is 0 Å². The Hall–Kier alpha value is -0.580. The lowest BCUT2D eigenvalue weighted by Crippen LogP contribution is -2.33. The van der Waals surface area contributed by atoms with E-state index in [1.165, 1.54) is 0 Å². The molecule has 1 rings (SSSR count). The molecule has 0 bridgehead atoms. The number of benzene rings is 1. The molecule has 0 aliphatic rings. The molecule has 0 aromatic heterocycles. The molecular weight excluding hydrogens is 244 g/mol. The largest absolute Gasteiger partial charge is 0.506 e. The summed E-state index contributed by atoms with van der Waals surface area (Å²) in [5.74, 6) is 0.184. The molecule has 4 heteroatoms. The average molecular weight is 259 g/mol. The molecule has 1 aromatic carbocycles. The van der Waals surface area contributed by atoms with E-state index in [9.17, 15) is 5.11 Å². The minimum atomic E-state index is -0.322. The highest BCUT2D eigenvalue weighted by atomic mass is 79.9. The van der Waals surface area contributed by atoms with Gasteiger partial charge in [0.25, 0.3) is 0 Å². The van der Waals surface area contributed by atoms with Crippen LogP contribution in [0.2, 0.25) is 0 Å². The second-order valence-electron chi connectivity index (χ2n) is 3.28. The third kappa shape index (κ3) is 2.26. The molecule has 0 saturated heterocycles. The van der Waals surface area contributed by atoms with Crippen LogP contribution in [0.15, 0.2) is 22.7 Å². The Morgan fingerprint density at radius 2 is 2.07 bits per heavy atom. The zero-order valence-corrected chi connectivity index (χ0v) is 9.66. The maximum atomic E-state index is 9.73. The molecule has 0 saturated carbocycles. The summed E-state index contributed by atoms with van der Waals surface area (Å²) in [5, 5.41) is 9.73. The van der Waals surface area contributed by atoms with Gasteiger partial charge in [0, 0.05) is 17.6 Å². The van der Waals surface area contributed by atoms with Gasteiger partial charge < -0.3 is 16.6 Å². The Labute approximate surface area is 92.2 Å². The minimum Gasteiger partial charge on any atom is -0.506 e. The van der Waals surface area contributed by atoms with Gasteiger partial charge in [-0.25, -0.2) is 0 Å². The van der Waals surface area contributed by atoms with Crippen molar-refractivity contribution >= 4 is 15.9 Å². The first-order valence-electron chi connectivity index (χ1n) is 4.56. The van der Waals surface area contributed by atoms with E-state index in [1.807, 2.05) is 13.0 Å². The van der Waals surface area contributed by atoms with E-state index in [4.69, 9.17) is 11.5 Å². The van der Waals surface area contributed by atoms with E-state index in [0.717, 1.165) is 6.42 Å². The van der Waals surface area contributed by atoms with Crippen LogP contribution in [0.5, 0.6) is 5.75 Å². The Morgan fingerprint density at radius 1 is 1.43 bits per heavy atom. The first-order chi connectivity index (χ1) is 6.57. The molecule has 3 nitrogen and oxygen atoms in total. The maximum absolute atomic E-state index is 9.73. The van der Waals surface area contributed by atoms with Crippen molar-refractivity contribution in [3.8, 4) is 5.75 Å². The smallest absolute Gasteiger partial charge is 0.134 e. The van der Waals surface area contributed by atoms with E-state index >= 15 is 0 Å². The van der Waals surface area contributed by atoms with Crippen LogP contribution in [0.25, 0.3) is 0 Å². The molecule has 2 unspecified atom stereocenters. The van der Waals surface area contributed by atoms with Gasteiger partial charge in [-0.15, -0.1) is 0 Å². The topological polar surface area (TPSA) is 72.3 Å². The number of hydrogen-bond acceptors (Lipinski definition) is 3. The van der Waals surface area contributed by atoms with Gasteiger partial charge >= 0.3 is 0 Å². The number of phenolic OH excluding ortho intramolecular Hbond substituents is 1. The molecule has 0 spiro atoms. The zero-order valence-electron chi connectivity index (χ0n) is 8.07. The second-order valence-corrected chi connectivity index (χ2v) is 4.13. The van der Waals surface area contributed by atoms with Gasteiger partial charge in [-0.1, -0.05) is 19.1 Å². The molecule has 1 aromatic rings. The fourth-order valence-corrected chi connectivity index (χ4v) is 1.67. The molecule has 0 fully saturated rings. The van der Waals surface area contributed by atoms with Gasteiger partial charge in [-0.3, -0.25) is 0 Å².